The van der Waals surface area contributed by atoms with Crippen LogP contribution < -0.4 is 0 Å². The Morgan fingerprint density at radius 2 is 0.667 bits per heavy atom. The fourth-order valence-electron chi connectivity index (χ4n) is 5.75. The number of hydrogen-bond donors (Lipinski definition) is 0. The molecule has 0 atom stereocenters. The summed E-state index contributed by atoms with van der Waals surface area (Å²) in [6.07, 6.45) is -10.9. The van der Waals surface area contributed by atoms with Gasteiger partial charge in [-0.15, -0.1) is 0 Å². The lowest BCUT2D eigenvalue weighted by atomic mass is 9.89. The minimum absolute atomic E-state index is 0.277. The van der Waals surface area contributed by atoms with Crippen molar-refractivity contribution in [1.29, 1.82) is 47.4 Å². The highest BCUT2D eigenvalue weighted by Crippen LogP contribution is 2.58. The third-order valence-electron chi connectivity index (χ3n) is 7.75. The third-order valence-corrected chi connectivity index (χ3v) is 7.75. The fourth-order valence-corrected chi connectivity index (χ4v) is 5.75. The van der Waals surface area contributed by atoms with Crippen molar-refractivity contribution in [2.45, 2.75) is 25.2 Å². The first kappa shape index (κ1) is 38.5. The van der Waals surface area contributed by atoms with Crippen LogP contribution in [0, 0.1) is 102 Å². The van der Waals surface area contributed by atoms with E-state index in [1.807, 2.05) is 0 Å². The minimum atomic E-state index is -5.47. The molecule has 0 amide bonds. The molecule has 9 nitrogen and oxygen atoms in total. The molecule has 0 saturated heterocycles. The fraction of sp³-hybridized carbons (Fsp3) is 0.108. The van der Waals surface area contributed by atoms with Gasteiger partial charge in [0.1, 0.15) is 18.2 Å². The molecule has 3 aromatic rings. The summed E-state index contributed by atoms with van der Waals surface area (Å²) in [6, 6.07) is 16.1. The zero-order valence-electron chi connectivity index (χ0n) is 26.5. The lowest BCUT2D eigenvalue weighted by Crippen LogP contribution is -2.14. The molecule has 0 aliphatic heterocycles. The normalized spacial score (nSPS) is 14.9. The molecule has 0 unspecified atom stereocenters. The summed E-state index contributed by atoms with van der Waals surface area (Å²) in [4.78, 5) is 0. The highest BCUT2D eigenvalue weighted by atomic mass is 19.4. The summed E-state index contributed by atoms with van der Waals surface area (Å²) in [5.74, 6) is -4.02. The first-order valence-corrected chi connectivity index (χ1v) is 14.2. The zero-order valence-corrected chi connectivity index (χ0v) is 26.5. The summed E-state index contributed by atoms with van der Waals surface area (Å²) in [6.45, 7) is 0.277. The van der Waals surface area contributed by atoms with Crippen molar-refractivity contribution in [2.75, 3.05) is 0 Å². The Morgan fingerprint density at radius 1 is 0.407 bits per heavy atom. The van der Waals surface area contributed by atoms with Crippen LogP contribution in [-0.4, -0.2) is 0 Å². The van der Waals surface area contributed by atoms with Gasteiger partial charge in [-0.05, 0) is 36.4 Å². The lowest BCUT2D eigenvalue weighted by Gasteiger charge is -2.17. The SMILES string of the molecule is CC(F)(F)c1c(C#N)cc(C#N)cc1/C(C#N)=C1/C(=C(C#N)c2cc(C#N)cc(C#N)c2C(F)(F)F)/C1=C(/C#N)c1cc(C#N)cc(C#N)c1C(F)(F)F. The number of nitriles is 9. The first-order chi connectivity index (χ1) is 25.3. The quantitative estimate of drug-likeness (QED) is 0.186. The topological polar surface area (TPSA) is 214 Å². The van der Waals surface area contributed by atoms with Crippen LogP contribution >= 0.6 is 0 Å². The number of nitrogens with zero attached hydrogens (tertiary/aromatic N) is 9. The van der Waals surface area contributed by atoms with E-state index in [9.17, 15) is 73.7 Å². The van der Waals surface area contributed by atoms with E-state index < -0.39 is 118 Å². The molecule has 3 aromatic carbocycles. The van der Waals surface area contributed by atoms with E-state index in [0.29, 0.717) is 30.3 Å². The molecular formula is C37H9F8N9. The van der Waals surface area contributed by atoms with E-state index in [2.05, 4.69) is 0 Å². The van der Waals surface area contributed by atoms with Crippen LogP contribution in [0.5, 0.6) is 0 Å². The van der Waals surface area contributed by atoms with Crippen LogP contribution in [0.2, 0.25) is 0 Å². The Balaban J connectivity index is 2.48. The predicted octanol–water partition coefficient (Wildman–Crippen LogP) is 8.31. The second-order valence-electron chi connectivity index (χ2n) is 11.0. The summed E-state index contributed by atoms with van der Waals surface area (Å²) in [7, 11) is 0. The maximum atomic E-state index is 15.2. The molecule has 1 fully saturated rings. The van der Waals surface area contributed by atoms with Gasteiger partial charge in [0.15, 0.2) is 0 Å². The standard InChI is InChI=1S/C37H9F8N9/c1-35(38,39)32-20(11-49)2-17(8-46)5-23(32)26(14-52)29-30(27(15-53)24-6-18(9-47)3-21(12-50)33(24)36(40,41)42)31(29)28(16-54)25-7-19(10-48)4-22(13-51)34(25)37(43,44)45/h2-7H,1H3/b29-26-,30-27?,31-28-. The second-order valence-corrected chi connectivity index (χ2v) is 11.0. The molecule has 1 aliphatic carbocycles. The Morgan fingerprint density at radius 3 is 0.870 bits per heavy atom. The first-order valence-electron chi connectivity index (χ1n) is 14.2. The second kappa shape index (κ2) is 13.8. The summed E-state index contributed by atoms with van der Waals surface area (Å²) < 4.78 is 118. The van der Waals surface area contributed by atoms with Gasteiger partial charge in [-0.25, -0.2) is 8.78 Å². The smallest absolute Gasteiger partial charge is 0.202 e. The van der Waals surface area contributed by atoms with E-state index in [1.165, 1.54) is 48.6 Å². The van der Waals surface area contributed by atoms with Crippen molar-refractivity contribution in [3.8, 4) is 54.6 Å². The van der Waals surface area contributed by atoms with Crippen LogP contribution in [0.15, 0.2) is 53.1 Å². The van der Waals surface area contributed by atoms with Gasteiger partial charge in [0.2, 0.25) is 0 Å². The Kier molecular flexibility index (Phi) is 9.85. The predicted molar refractivity (Wildman–Crippen MR) is 165 cm³/mol. The van der Waals surface area contributed by atoms with Crippen molar-refractivity contribution in [3.63, 3.8) is 0 Å². The number of alkyl halides is 8. The van der Waals surface area contributed by atoms with Crippen molar-refractivity contribution in [3.05, 3.63) is 120 Å². The van der Waals surface area contributed by atoms with Crippen molar-refractivity contribution in [1.82, 2.24) is 0 Å². The van der Waals surface area contributed by atoms with Crippen molar-refractivity contribution in [2.24, 2.45) is 0 Å². The molecule has 0 spiro atoms. The maximum absolute atomic E-state index is 15.2. The van der Waals surface area contributed by atoms with Gasteiger partial charge < -0.3 is 0 Å². The van der Waals surface area contributed by atoms with E-state index >= 15 is 8.78 Å². The van der Waals surface area contributed by atoms with Crippen LogP contribution in [0.1, 0.15) is 73.7 Å². The van der Waals surface area contributed by atoms with Crippen LogP contribution in [0.25, 0.3) is 16.7 Å². The number of halogens is 8. The van der Waals surface area contributed by atoms with Gasteiger partial charge in [-0.3, -0.25) is 0 Å². The molecule has 0 aromatic heterocycles. The molecule has 0 radical (unpaired) electrons. The third kappa shape index (κ3) is 6.63. The van der Waals surface area contributed by atoms with Crippen molar-refractivity contribution >= 4 is 16.7 Å². The monoisotopic (exact) mass is 731 g/mol. The number of benzene rings is 3. The molecule has 54 heavy (non-hydrogen) atoms. The molecule has 0 bridgehead atoms. The Labute approximate surface area is 298 Å². The maximum Gasteiger partial charge on any atom is 0.418 e. The summed E-state index contributed by atoms with van der Waals surface area (Å²) >= 11 is 0. The van der Waals surface area contributed by atoms with Gasteiger partial charge in [0.25, 0.3) is 5.92 Å². The number of allylic oxidation sites excluding steroid dienone is 6. The van der Waals surface area contributed by atoms with E-state index in [4.69, 9.17) is 0 Å². The minimum Gasteiger partial charge on any atom is -0.202 e. The lowest BCUT2D eigenvalue weighted by molar-refractivity contribution is -0.138. The molecule has 4 rings (SSSR count). The van der Waals surface area contributed by atoms with Gasteiger partial charge in [-0.2, -0.15) is 73.7 Å². The van der Waals surface area contributed by atoms with Gasteiger partial charge >= 0.3 is 12.4 Å². The molecule has 258 valence electrons. The van der Waals surface area contributed by atoms with Gasteiger partial charge in [0, 0.05) is 45.9 Å². The highest BCUT2D eigenvalue weighted by molar-refractivity contribution is 6.13. The molecular weight excluding hydrogens is 722 g/mol. The van der Waals surface area contributed by atoms with Crippen molar-refractivity contribution < 1.29 is 35.1 Å². The molecule has 17 heteroatoms. The zero-order chi connectivity index (χ0) is 40.5. The average Bonchev–Trinajstić information content (AvgIpc) is 3.82. The largest absolute Gasteiger partial charge is 0.418 e. The van der Waals surface area contributed by atoms with Crippen LogP contribution in [0.3, 0.4) is 0 Å². The van der Waals surface area contributed by atoms with Crippen LogP contribution in [-0.2, 0) is 18.3 Å². The molecule has 1 aliphatic rings. The summed E-state index contributed by atoms with van der Waals surface area (Å²) in [5, 5.41) is 88.6. The molecule has 0 heterocycles. The highest BCUT2D eigenvalue weighted by Gasteiger charge is 2.47. The number of hydrogen-bond acceptors (Lipinski definition) is 9. The van der Waals surface area contributed by atoms with Crippen LogP contribution in [0.4, 0.5) is 35.1 Å². The summed E-state index contributed by atoms with van der Waals surface area (Å²) in [5.41, 5.74) is -19.5. The average molecular weight is 732 g/mol. The molecule has 0 N–H and O–H groups in total. The van der Waals surface area contributed by atoms with E-state index in [0.717, 1.165) is 6.07 Å². The Bertz CT molecular complexity index is 2400. The van der Waals surface area contributed by atoms with E-state index in [1.54, 1.807) is 6.07 Å². The van der Waals surface area contributed by atoms with E-state index in [-0.39, 0.29) is 6.92 Å². The molecule has 1 saturated carbocycles. The Hall–Kier alpha value is -8.27. The number of rotatable bonds is 4. The van der Waals surface area contributed by atoms with Gasteiger partial charge in [-0.1, -0.05) is 0 Å². The van der Waals surface area contributed by atoms with Gasteiger partial charge in [0.05, 0.1) is 97.6 Å².